The van der Waals surface area contributed by atoms with E-state index in [0.29, 0.717) is 10.7 Å². The lowest BCUT2D eigenvalue weighted by Crippen LogP contribution is -2.59. The Morgan fingerprint density at radius 1 is 1.22 bits per heavy atom. The zero-order valence-corrected chi connectivity index (χ0v) is 13.4. The Balaban J connectivity index is 2.04. The molecule has 1 aliphatic heterocycles. The number of thioether (sulfide) groups is 1. The van der Waals surface area contributed by atoms with Crippen LogP contribution in [0.5, 0.6) is 0 Å². The molecule has 0 radical (unpaired) electrons. The first kappa shape index (κ1) is 14.7. The molecule has 2 aliphatic rings. The van der Waals surface area contributed by atoms with Crippen molar-refractivity contribution in [2.24, 2.45) is 11.1 Å². The Kier molecular flexibility index (Phi) is 4.35. The topological polar surface area (TPSA) is 29.3 Å². The molecule has 3 heteroatoms. The molecule has 0 bridgehead atoms. The van der Waals surface area contributed by atoms with Crippen molar-refractivity contribution in [1.82, 2.24) is 4.90 Å². The highest BCUT2D eigenvalue weighted by Gasteiger charge is 2.46. The molecule has 106 valence electrons. The molecule has 1 heterocycles. The smallest absolute Gasteiger partial charge is 0.0455 e. The number of likely N-dealkylation sites (N-methyl/N-ethyl adjacent to an activating group) is 1. The highest BCUT2D eigenvalue weighted by atomic mass is 32.2. The van der Waals surface area contributed by atoms with E-state index < -0.39 is 0 Å². The number of hydrogen-bond acceptors (Lipinski definition) is 3. The molecule has 1 saturated carbocycles. The first-order chi connectivity index (χ1) is 8.41. The van der Waals surface area contributed by atoms with Crippen molar-refractivity contribution in [3.63, 3.8) is 0 Å². The Morgan fingerprint density at radius 2 is 1.83 bits per heavy atom. The van der Waals surface area contributed by atoms with Gasteiger partial charge in [0, 0.05) is 23.4 Å². The van der Waals surface area contributed by atoms with Crippen LogP contribution in [0.15, 0.2) is 0 Å². The number of rotatable bonds is 3. The summed E-state index contributed by atoms with van der Waals surface area (Å²) < 4.78 is 0. The summed E-state index contributed by atoms with van der Waals surface area (Å²) in [6.45, 7) is 8.01. The summed E-state index contributed by atoms with van der Waals surface area (Å²) in [4.78, 5) is 2.66. The van der Waals surface area contributed by atoms with Crippen LogP contribution in [0.2, 0.25) is 0 Å². The Bertz CT molecular complexity index is 282. The highest BCUT2D eigenvalue weighted by molar-refractivity contribution is 8.00. The minimum absolute atomic E-state index is 0.261. The molecule has 0 aromatic carbocycles. The summed E-state index contributed by atoms with van der Waals surface area (Å²) in [6, 6.07) is 0.753. The van der Waals surface area contributed by atoms with Crippen molar-refractivity contribution in [2.45, 2.75) is 69.7 Å². The molecule has 2 fully saturated rings. The summed E-state index contributed by atoms with van der Waals surface area (Å²) in [5.41, 5.74) is 6.98. The van der Waals surface area contributed by atoms with Gasteiger partial charge in [-0.15, -0.1) is 0 Å². The van der Waals surface area contributed by atoms with Gasteiger partial charge in [0.15, 0.2) is 0 Å². The SMILES string of the molecule is CC1SCCC1(CN)N(C)C1CCC(C)(C)CC1. The molecule has 2 N–H and O–H groups in total. The van der Waals surface area contributed by atoms with Crippen LogP contribution < -0.4 is 5.73 Å². The van der Waals surface area contributed by atoms with Crippen molar-refractivity contribution in [1.29, 1.82) is 0 Å². The molecule has 0 amide bonds. The van der Waals surface area contributed by atoms with Gasteiger partial charge >= 0.3 is 0 Å². The predicted octanol–water partition coefficient (Wildman–Crippen LogP) is 3.11. The number of hydrogen-bond donors (Lipinski definition) is 1. The lowest BCUT2D eigenvalue weighted by Gasteiger charge is -2.48. The van der Waals surface area contributed by atoms with Gasteiger partial charge in [-0.25, -0.2) is 0 Å². The molecule has 2 unspecified atom stereocenters. The van der Waals surface area contributed by atoms with Gasteiger partial charge in [0.2, 0.25) is 0 Å². The average Bonchev–Trinajstić information content (AvgIpc) is 2.71. The molecule has 0 spiro atoms. The van der Waals surface area contributed by atoms with E-state index in [9.17, 15) is 0 Å². The maximum absolute atomic E-state index is 6.17. The third-order valence-electron chi connectivity index (χ3n) is 5.57. The van der Waals surface area contributed by atoms with Gasteiger partial charge in [0.05, 0.1) is 0 Å². The van der Waals surface area contributed by atoms with Gasteiger partial charge in [0.1, 0.15) is 0 Å². The van der Waals surface area contributed by atoms with Crippen LogP contribution in [0.1, 0.15) is 52.9 Å². The second kappa shape index (κ2) is 5.34. The summed E-state index contributed by atoms with van der Waals surface area (Å²) in [7, 11) is 2.33. The van der Waals surface area contributed by atoms with E-state index in [0.717, 1.165) is 12.6 Å². The minimum atomic E-state index is 0.261. The van der Waals surface area contributed by atoms with E-state index in [-0.39, 0.29) is 5.54 Å². The van der Waals surface area contributed by atoms with Gasteiger partial charge in [-0.1, -0.05) is 20.8 Å². The molecule has 0 aromatic rings. The summed E-state index contributed by atoms with van der Waals surface area (Å²) in [5.74, 6) is 1.28. The Hall–Kier alpha value is 0.270. The third-order valence-corrected chi connectivity index (χ3v) is 6.95. The molecular formula is C15H30N2S. The van der Waals surface area contributed by atoms with Crippen LogP contribution in [-0.2, 0) is 0 Å². The van der Waals surface area contributed by atoms with Gasteiger partial charge in [0.25, 0.3) is 0 Å². The molecule has 0 aromatic heterocycles. The monoisotopic (exact) mass is 270 g/mol. The molecule has 2 rings (SSSR count). The summed E-state index contributed by atoms with van der Waals surface area (Å²) >= 11 is 2.10. The van der Waals surface area contributed by atoms with Crippen LogP contribution >= 0.6 is 11.8 Å². The third kappa shape index (κ3) is 2.59. The normalized spacial score (nSPS) is 37.3. The van der Waals surface area contributed by atoms with Crippen molar-refractivity contribution in [2.75, 3.05) is 19.3 Å². The molecule has 18 heavy (non-hydrogen) atoms. The fraction of sp³-hybridized carbons (Fsp3) is 1.00. The van der Waals surface area contributed by atoms with Crippen LogP contribution in [0.3, 0.4) is 0 Å². The lowest BCUT2D eigenvalue weighted by atomic mass is 9.74. The maximum Gasteiger partial charge on any atom is 0.0455 e. The van der Waals surface area contributed by atoms with E-state index in [2.05, 4.69) is 44.5 Å². The predicted molar refractivity (Wildman–Crippen MR) is 82.1 cm³/mol. The molecule has 1 aliphatic carbocycles. The zero-order valence-electron chi connectivity index (χ0n) is 12.5. The second-order valence-corrected chi connectivity index (χ2v) is 8.53. The fourth-order valence-electron chi connectivity index (χ4n) is 3.78. The molecule has 1 saturated heterocycles. The van der Waals surface area contributed by atoms with E-state index in [1.807, 2.05) is 0 Å². The second-order valence-electron chi connectivity index (χ2n) is 7.08. The van der Waals surface area contributed by atoms with Crippen LogP contribution in [-0.4, -0.2) is 41.1 Å². The minimum Gasteiger partial charge on any atom is -0.329 e. The van der Waals surface area contributed by atoms with Crippen molar-refractivity contribution in [3.05, 3.63) is 0 Å². The standard InChI is InChI=1S/C15H30N2S/c1-12-15(11-16,9-10-18-12)17(4)13-5-7-14(2,3)8-6-13/h12-13H,5-11,16H2,1-4H3. The maximum atomic E-state index is 6.17. The fourth-order valence-corrected chi connectivity index (χ4v) is 5.30. The van der Waals surface area contributed by atoms with Gasteiger partial charge < -0.3 is 5.73 Å². The van der Waals surface area contributed by atoms with Crippen LogP contribution in [0.25, 0.3) is 0 Å². The summed E-state index contributed by atoms with van der Waals surface area (Å²) in [6.07, 6.45) is 6.70. The van der Waals surface area contributed by atoms with Crippen molar-refractivity contribution < 1.29 is 0 Å². The average molecular weight is 270 g/mol. The Morgan fingerprint density at radius 3 is 2.28 bits per heavy atom. The quantitative estimate of drug-likeness (QED) is 0.854. The van der Waals surface area contributed by atoms with Crippen LogP contribution in [0.4, 0.5) is 0 Å². The number of nitrogens with two attached hydrogens (primary N) is 1. The van der Waals surface area contributed by atoms with Gasteiger partial charge in [-0.2, -0.15) is 11.8 Å². The van der Waals surface area contributed by atoms with Crippen LogP contribution in [0, 0.1) is 5.41 Å². The molecular weight excluding hydrogens is 240 g/mol. The van der Waals surface area contributed by atoms with E-state index in [1.54, 1.807) is 0 Å². The molecule has 2 atom stereocenters. The van der Waals surface area contributed by atoms with E-state index in [4.69, 9.17) is 5.73 Å². The molecule has 2 nitrogen and oxygen atoms in total. The largest absolute Gasteiger partial charge is 0.329 e. The van der Waals surface area contributed by atoms with Gasteiger partial charge in [-0.05, 0) is 50.3 Å². The lowest BCUT2D eigenvalue weighted by molar-refractivity contribution is 0.0388. The van der Waals surface area contributed by atoms with E-state index >= 15 is 0 Å². The summed E-state index contributed by atoms with van der Waals surface area (Å²) in [5, 5.41) is 0.683. The first-order valence-electron chi connectivity index (χ1n) is 7.46. The first-order valence-corrected chi connectivity index (χ1v) is 8.51. The zero-order chi connectivity index (χ0) is 13.4. The number of nitrogens with zero attached hydrogens (tertiary/aromatic N) is 1. The van der Waals surface area contributed by atoms with E-state index in [1.165, 1.54) is 37.9 Å². The van der Waals surface area contributed by atoms with Gasteiger partial charge in [-0.3, -0.25) is 4.90 Å². The highest BCUT2D eigenvalue weighted by Crippen LogP contribution is 2.43. The van der Waals surface area contributed by atoms with Crippen molar-refractivity contribution >= 4 is 11.8 Å². The van der Waals surface area contributed by atoms with Crippen molar-refractivity contribution in [3.8, 4) is 0 Å². The Labute approximate surface area is 117 Å².